The third-order valence-electron chi connectivity index (χ3n) is 4.91. The summed E-state index contributed by atoms with van der Waals surface area (Å²) in [6.07, 6.45) is 0. The number of halogens is 5. The lowest BCUT2D eigenvalue weighted by atomic mass is 10.0. The number of nitro benzene ring substituents is 3. The second-order valence-corrected chi connectivity index (χ2v) is 6.77. The van der Waals surface area contributed by atoms with Crippen LogP contribution in [0.2, 0.25) is 0 Å². The van der Waals surface area contributed by atoms with Gasteiger partial charge in [0, 0.05) is 29.3 Å². The molecule has 0 saturated carbocycles. The SMILES string of the molecule is O=[N+]([O-])c1ccc2c(c1)C(=Nc1c(F)c(F)c(F)c(F)c1F)c1cc([N+](=O)[O-])cc([N+](=O)[O-])c1-2. The van der Waals surface area contributed by atoms with E-state index in [0.717, 1.165) is 24.3 Å². The Bertz CT molecular complexity index is 1480. The van der Waals surface area contributed by atoms with Crippen LogP contribution in [-0.2, 0) is 0 Å². The molecule has 34 heavy (non-hydrogen) atoms. The van der Waals surface area contributed by atoms with Crippen LogP contribution in [0.1, 0.15) is 11.1 Å². The molecule has 0 amide bonds. The smallest absolute Gasteiger partial charge is 0.258 e. The lowest BCUT2D eigenvalue weighted by Gasteiger charge is -2.07. The molecule has 0 heterocycles. The number of hydrogen-bond donors (Lipinski definition) is 0. The highest BCUT2D eigenvalue weighted by Crippen LogP contribution is 2.46. The molecule has 0 atom stereocenters. The van der Waals surface area contributed by atoms with Gasteiger partial charge in [-0.15, -0.1) is 0 Å². The molecule has 0 aliphatic heterocycles. The van der Waals surface area contributed by atoms with Crippen molar-refractivity contribution in [1.82, 2.24) is 0 Å². The molecule has 0 N–H and O–H groups in total. The van der Waals surface area contributed by atoms with Crippen LogP contribution in [-0.4, -0.2) is 20.5 Å². The molecular weight excluding hydrogens is 475 g/mol. The summed E-state index contributed by atoms with van der Waals surface area (Å²) in [6, 6.07) is 4.10. The van der Waals surface area contributed by atoms with E-state index in [2.05, 4.69) is 4.99 Å². The lowest BCUT2D eigenvalue weighted by molar-refractivity contribution is -0.393. The molecule has 0 fully saturated rings. The quantitative estimate of drug-likeness (QED) is 0.128. The number of non-ortho nitro benzene ring substituents is 2. The van der Waals surface area contributed by atoms with E-state index < -0.39 is 77.9 Å². The summed E-state index contributed by atoms with van der Waals surface area (Å²) in [4.78, 5) is 34.6. The number of nitrogens with zero attached hydrogens (tertiary/aromatic N) is 4. The third-order valence-corrected chi connectivity index (χ3v) is 4.91. The molecule has 3 aromatic carbocycles. The monoisotopic (exact) mass is 480 g/mol. The molecule has 1 aliphatic carbocycles. The fourth-order valence-corrected chi connectivity index (χ4v) is 3.46. The molecule has 0 unspecified atom stereocenters. The Hall–Kier alpha value is -4.82. The molecule has 10 nitrogen and oxygen atoms in total. The summed E-state index contributed by atoms with van der Waals surface area (Å²) in [5.74, 6) is -11.8. The average Bonchev–Trinajstić information content (AvgIpc) is 3.11. The number of aliphatic imine (C=N–C) groups is 1. The van der Waals surface area contributed by atoms with Gasteiger partial charge in [-0.1, -0.05) is 0 Å². The van der Waals surface area contributed by atoms with Gasteiger partial charge >= 0.3 is 0 Å². The molecular formula is C19H5F5N4O6. The summed E-state index contributed by atoms with van der Waals surface area (Å²) >= 11 is 0. The molecule has 0 aromatic heterocycles. The van der Waals surface area contributed by atoms with Crippen LogP contribution < -0.4 is 0 Å². The van der Waals surface area contributed by atoms with E-state index in [4.69, 9.17) is 0 Å². The number of nitro groups is 3. The van der Waals surface area contributed by atoms with Crippen molar-refractivity contribution in [1.29, 1.82) is 0 Å². The number of hydrogen-bond acceptors (Lipinski definition) is 7. The van der Waals surface area contributed by atoms with Gasteiger partial charge in [0.25, 0.3) is 17.1 Å². The Kier molecular flexibility index (Phi) is 5.03. The Morgan fingerprint density at radius 2 is 1.15 bits per heavy atom. The highest BCUT2D eigenvalue weighted by Gasteiger charge is 2.37. The summed E-state index contributed by atoms with van der Waals surface area (Å²) in [5, 5.41) is 34.1. The summed E-state index contributed by atoms with van der Waals surface area (Å²) in [7, 11) is 0. The second kappa shape index (κ2) is 7.65. The summed E-state index contributed by atoms with van der Waals surface area (Å²) < 4.78 is 69.3. The van der Waals surface area contributed by atoms with Crippen molar-refractivity contribution in [2.45, 2.75) is 0 Å². The minimum Gasteiger partial charge on any atom is -0.258 e. The molecule has 0 bridgehead atoms. The minimum absolute atomic E-state index is 0.134. The first kappa shape index (κ1) is 22.4. The van der Waals surface area contributed by atoms with Crippen LogP contribution >= 0.6 is 0 Å². The van der Waals surface area contributed by atoms with Crippen LogP contribution in [0, 0.1) is 59.4 Å². The van der Waals surface area contributed by atoms with E-state index in [1.54, 1.807) is 0 Å². The zero-order chi connectivity index (χ0) is 25.1. The molecule has 1 aliphatic rings. The fourth-order valence-electron chi connectivity index (χ4n) is 3.46. The normalized spacial score (nSPS) is 13.0. The average molecular weight is 480 g/mol. The van der Waals surface area contributed by atoms with Gasteiger partial charge in [0.1, 0.15) is 5.69 Å². The topological polar surface area (TPSA) is 142 Å². The van der Waals surface area contributed by atoms with E-state index in [1.165, 1.54) is 0 Å². The molecule has 3 aromatic rings. The molecule has 0 radical (unpaired) electrons. The van der Waals surface area contributed by atoms with Crippen molar-refractivity contribution in [3.63, 3.8) is 0 Å². The van der Waals surface area contributed by atoms with Crippen LogP contribution in [0.3, 0.4) is 0 Å². The summed E-state index contributed by atoms with van der Waals surface area (Å²) in [6.45, 7) is 0. The highest BCUT2D eigenvalue weighted by atomic mass is 19.2. The Labute approximate surface area is 183 Å². The van der Waals surface area contributed by atoms with Crippen molar-refractivity contribution in [3.8, 4) is 11.1 Å². The van der Waals surface area contributed by atoms with Gasteiger partial charge in [-0.25, -0.2) is 26.9 Å². The van der Waals surface area contributed by atoms with Gasteiger partial charge in [-0.3, -0.25) is 30.3 Å². The zero-order valence-electron chi connectivity index (χ0n) is 16.0. The first-order valence-corrected chi connectivity index (χ1v) is 8.80. The third kappa shape index (κ3) is 3.21. The molecule has 4 rings (SSSR count). The Morgan fingerprint density at radius 1 is 0.618 bits per heavy atom. The lowest BCUT2D eigenvalue weighted by Crippen LogP contribution is -2.05. The fraction of sp³-hybridized carbons (Fsp3) is 0. The van der Waals surface area contributed by atoms with E-state index in [0.29, 0.717) is 6.07 Å². The first-order chi connectivity index (χ1) is 15.9. The molecule has 0 saturated heterocycles. The van der Waals surface area contributed by atoms with Gasteiger partial charge in [0.15, 0.2) is 23.3 Å². The number of benzene rings is 3. The highest BCUT2D eigenvalue weighted by molar-refractivity contribution is 6.27. The van der Waals surface area contributed by atoms with Crippen molar-refractivity contribution in [2.24, 2.45) is 4.99 Å². The largest absolute Gasteiger partial charge is 0.284 e. The molecule has 15 heteroatoms. The van der Waals surface area contributed by atoms with Crippen LogP contribution in [0.5, 0.6) is 0 Å². The van der Waals surface area contributed by atoms with Crippen LogP contribution in [0.15, 0.2) is 35.3 Å². The first-order valence-electron chi connectivity index (χ1n) is 8.80. The predicted molar refractivity (Wildman–Crippen MR) is 103 cm³/mol. The summed E-state index contributed by atoms with van der Waals surface area (Å²) in [5.41, 5.74) is -5.99. The second-order valence-electron chi connectivity index (χ2n) is 6.77. The predicted octanol–water partition coefficient (Wildman–Crippen LogP) is 5.26. The number of fused-ring (bicyclic) bond motifs is 3. The van der Waals surface area contributed by atoms with Crippen LogP contribution in [0.4, 0.5) is 44.7 Å². The van der Waals surface area contributed by atoms with Gasteiger partial charge in [-0.2, -0.15) is 0 Å². The van der Waals surface area contributed by atoms with E-state index in [1.807, 2.05) is 0 Å². The van der Waals surface area contributed by atoms with E-state index >= 15 is 0 Å². The standard InChI is InChI=1S/C19H5F5N4O6/c20-13-14(21)16(23)19(17(24)15(13)22)25-18-9-3-6(26(29)30)1-2-8(9)12-10(18)4-7(27(31)32)5-11(12)28(33)34/h1-5H. The Morgan fingerprint density at radius 3 is 1.68 bits per heavy atom. The van der Waals surface area contributed by atoms with E-state index in [9.17, 15) is 52.3 Å². The zero-order valence-corrected chi connectivity index (χ0v) is 16.0. The van der Waals surface area contributed by atoms with Gasteiger partial charge < -0.3 is 0 Å². The van der Waals surface area contributed by atoms with Crippen molar-refractivity contribution >= 4 is 28.5 Å². The number of rotatable bonds is 4. The maximum atomic E-state index is 14.3. The minimum atomic E-state index is -2.46. The molecule has 0 spiro atoms. The van der Waals surface area contributed by atoms with Crippen LogP contribution in [0.25, 0.3) is 11.1 Å². The van der Waals surface area contributed by atoms with Crippen molar-refractivity contribution < 1.29 is 36.7 Å². The Balaban J connectivity index is 2.16. The van der Waals surface area contributed by atoms with Crippen molar-refractivity contribution in [3.05, 3.63) is 101 Å². The van der Waals surface area contributed by atoms with Gasteiger partial charge in [-0.05, 0) is 11.6 Å². The maximum Gasteiger partial charge on any atom is 0.284 e. The van der Waals surface area contributed by atoms with Gasteiger partial charge in [0.2, 0.25) is 5.82 Å². The van der Waals surface area contributed by atoms with Crippen molar-refractivity contribution in [2.75, 3.05) is 0 Å². The maximum absolute atomic E-state index is 14.3. The van der Waals surface area contributed by atoms with Gasteiger partial charge in [0.05, 0.1) is 32.1 Å². The van der Waals surface area contributed by atoms with E-state index in [-0.39, 0.29) is 16.7 Å². The molecule has 172 valence electrons.